The predicted octanol–water partition coefficient (Wildman–Crippen LogP) is 3.74. The molecule has 7 nitrogen and oxygen atoms in total. The Labute approximate surface area is 185 Å². The number of anilines is 2. The molecular weight excluding hydrogens is 435 g/mol. The van der Waals surface area contributed by atoms with Crippen molar-refractivity contribution in [1.82, 2.24) is 0 Å². The largest absolute Gasteiger partial charge is 0.486 e. The molecule has 0 aromatic heterocycles. The SMILES string of the molecule is Cc1ccc(S(=O)(=O)N(CC(=O)Nc2ccc3c(c2)OCCO3)c2ccccc2F)cc1. The van der Waals surface area contributed by atoms with E-state index < -0.39 is 28.3 Å². The molecule has 9 heteroatoms. The van der Waals surface area contributed by atoms with Crippen LogP contribution in [0.4, 0.5) is 15.8 Å². The first-order valence-corrected chi connectivity index (χ1v) is 11.3. The molecule has 32 heavy (non-hydrogen) atoms. The average molecular weight is 456 g/mol. The monoisotopic (exact) mass is 456 g/mol. The van der Waals surface area contributed by atoms with Gasteiger partial charge in [-0.2, -0.15) is 0 Å². The molecular formula is C23H21FN2O5S. The van der Waals surface area contributed by atoms with Gasteiger partial charge in [-0.3, -0.25) is 9.10 Å². The summed E-state index contributed by atoms with van der Waals surface area (Å²) in [5.74, 6) is -0.354. The first-order chi connectivity index (χ1) is 15.3. The minimum absolute atomic E-state index is 0.0431. The Morgan fingerprint density at radius 2 is 1.69 bits per heavy atom. The van der Waals surface area contributed by atoms with Crippen molar-refractivity contribution < 1.29 is 27.1 Å². The molecule has 0 atom stereocenters. The summed E-state index contributed by atoms with van der Waals surface area (Å²) in [5, 5.41) is 2.64. The zero-order valence-electron chi connectivity index (χ0n) is 17.2. The lowest BCUT2D eigenvalue weighted by Gasteiger charge is -2.25. The highest BCUT2D eigenvalue weighted by molar-refractivity contribution is 7.92. The van der Waals surface area contributed by atoms with Crippen molar-refractivity contribution >= 4 is 27.3 Å². The second-order valence-electron chi connectivity index (χ2n) is 7.18. The number of para-hydroxylation sites is 1. The van der Waals surface area contributed by atoms with Gasteiger partial charge in [0.25, 0.3) is 10.0 Å². The van der Waals surface area contributed by atoms with Crippen molar-refractivity contribution in [2.24, 2.45) is 0 Å². The molecule has 0 saturated heterocycles. The lowest BCUT2D eigenvalue weighted by molar-refractivity contribution is -0.114. The van der Waals surface area contributed by atoms with E-state index in [4.69, 9.17) is 9.47 Å². The number of rotatable bonds is 6. The standard InChI is InChI=1S/C23H21FN2O5S/c1-16-6-9-18(10-7-16)32(28,29)26(20-5-3-2-4-19(20)24)15-23(27)25-17-8-11-21-22(14-17)31-13-12-30-21/h2-11,14H,12-13,15H2,1H3,(H,25,27). The molecule has 1 aliphatic rings. The molecule has 0 spiro atoms. The zero-order chi connectivity index (χ0) is 22.7. The minimum atomic E-state index is -4.21. The summed E-state index contributed by atoms with van der Waals surface area (Å²) in [6.07, 6.45) is 0. The Balaban J connectivity index is 1.63. The van der Waals surface area contributed by atoms with Crippen LogP contribution in [0, 0.1) is 12.7 Å². The molecule has 1 amide bonds. The number of nitrogens with one attached hydrogen (secondary N) is 1. The van der Waals surface area contributed by atoms with Crippen molar-refractivity contribution in [3.05, 3.63) is 78.1 Å². The molecule has 0 saturated carbocycles. The lowest BCUT2D eigenvalue weighted by atomic mass is 10.2. The number of aryl methyl sites for hydroxylation is 1. The van der Waals surface area contributed by atoms with Crippen molar-refractivity contribution in [1.29, 1.82) is 0 Å². The van der Waals surface area contributed by atoms with Gasteiger partial charge in [-0.25, -0.2) is 12.8 Å². The van der Waals surface area contributed by atoms with Gasteiger partial charge in [-0.05, 0) is 43.3 Å². The van der Waals surface area contributed by atoms with Gasteiger partial charge < -0.3 is 14.8 Å². The van der Waals surface area contributed by atoms with Crippen LogP contribution in [-0.2, 0) is 14.8 Å². The molecule has 0 fully saturated rings. The zero-order valence-corrected chi connectivity index (χ0v) is 18.1. The highest BCUT2D eigenvalue weighted by Crippen LogP contribution is 2.33. The van der Waals surface area contributed by atoms with E-state index >= 15 is 0 Å². The van der Waals surface area contributed by atoms with Crippen LogP contribution in [0.25, 0.3) is 0 Å². The number of hydrogen-bond donors (Lipinski definition) is 1. The second-order valence-corrected chi connectivity index (χ2v) is 9.05. The number of carbonyl (C=O) groups excluding carboxylic acids is 1. The highest BCUT2D eigenvalue weighted by Gasteiger charge is 2.29. The maximum atomic E-state index is 14.5. The van der Waals surface area contributed by atoms with Crippen LogP contribution in [-0.4, -0.2) is 34.1 Å². The Kier molecular flexibility index (Phi) is 6.00. The summed E-state index contributed by atoms with van der Waals surface area (Å²) in [6, 6.07) is 16.4. The molecule has 0 bridgehead atoms. The van der Waals surface area contributed by atoms with Crippen LogP contribution in [0.15, 0.2) is 71.6 Å². The van der Waals surface area contributed by atoms with Crippen molar-refractivity contribution in [3.63, 3.8) is 0 Å². The molecule has 0 radical (unpaired) electrons. The van der Waals surface area contributed by atoms with Gasteiger partial charge in [-0.1, -0.05) is 29.8 Å². The maximum Gasteiger partial charge on any atom is 0.264 e. The smallest absolute Gasteiger partial charge is 0.264 e. The van der Waals surface area contributed by atoms with Crippen molar-refractivity contribution in [2.75, 3.05) is 29.4 Å². The van der Waals surface area contributed by atoms with Crippen LogP contribution >= 0.6 is 0 Å². The second kappa shape index (κ2) is 8.88. The maximum absolute atomic E-state index is 14.5. The molecule has 3 aromatic carbocycles. The van der Waals surface area contributed by atoms with Gasteiger partial charge in [0, 0.05) is 11.8 Å². The van der Waals surface area contributed by atoms with Crippen LogP contribution in [0.3, 0.4) is 0 Å². The summed E-state index contributed by atoms with van der Waals surface area (Å²) >= 11 is 0. The normalized spacial score (nSPS) is 12.8. The van der Waals surface area contributed by atoms with E-state index in [0.29, 0.717) is 30.4 Å². The first-order valence-electron chi connectivity index (χ1n) is 9.88. The number of carbonyl (C=O) groups is 1. The third-order valence-electron chi connectivity index (χ3n) is 4.84. The fourth-order valence-electron chi connectivity index (χ4n) is 3.24. The molecule has 166 valence electrons. The van der Waals surface area contributed by atoms with E-state index in [9.17, 15) is 17.6 Å². The molecule has 0 aliphatic carbocycles. The summed E-state index contributed by atoms with van der Waals surface area (Å²) in [4.78, 5) is 12.8. The third kappa shape index (κ3) is 4.52. The topological polar surface area (TPSA) is 84.9 Å². The number of hydrogen-bond acceptors (Lipinski definition) is 5. The van der Waals surface area contributed by atoms with Crippen LogP contribution < -0.4 is 19.1 Å². The fraction of sp³-hybridized carbons (Fsp3) is 0.174. The number of halogens is 1. The van der Waals surface area contributed by atoms with E-state index in [1.54, 1.807) is 30.3 Å². The Morgan fingerprint density at radius 3 is 2.41 bits per heavy atom. The average Bonchev–Trinajstić information content (AvgIpc) is 2.78. The fourth-order valence-corrected chi connectivity index (χ4v) is 4.67. The van der Waals surface area contributed by atoms with Gasteiger partial charge in [-0.15, -0.1) is 0 Å². The van der Waals surface area contributed by atoms with Crippen molar-refractivity contribution in [3.8, 4) is 11.5 Å². The van der Waals surface area contributed by atoms with E-state index in [1.165, 1.54) is 30.3 Å². The Bertz CT molecular complexity index is 1250. The summed E-state index contributed by atoms with van der Waals surface area (Å²) < 4.78 is 52.9. The van der Waals surface area contributed by atoms with E-state index in [0.717, 1.165) is 15.9 Å². The van der Waals surface area contributed by atoms with Gasteiger partial charge >= 0.3 is 0 Å². The molecule has 1 aliphatic heterocycles. The minimum Gasteiger partial charge on any atom is -0.486 e. The molecule has 1 heterocycles. The van der Waals surface area contributed by atoms with E-state index in [2.05, 4.69) is 5.32 Å². The van der Waals surface area contributed by atoms with E-state index in [1.807, 2.05) is 6.92 Å². The molecule has 1 N–H and O–H groups in total. The number of ether oxygens (including phenoxy) is 2. The van der Waals surface area contributed by atoms with E-state index in [-0.39, 0.29) is 10.6 Å². The summed E-state index contributed by atoms with van der Waals surface area (Å²) in [7, 11) is -4.21. The number of fused-ring (bicyclic) bond motifs is 1. The Morgan fingerprint density at radius 1 is 1.00 bits per heavy atom. The molecule has 3 aromatic rings. The molecule has 4 rings (SSSR count). The van der Waals surface area contributed by atoms with Gasteiger partial charge in [0.2, 0.25) is 5.91 Å². The number of amides is 1. The Hall–Kier alpha value is -3.59. The van der Waals surface area contributed by atoms with Crippen LogP contribution in [0.5, 0.6) is 11.5 Å². The number of sulfonamides is 1. The molecule has 0 unspecified atom stereocenters. The first kappa shape index (κ1) is 21.6. The van der Waals surface area contributed by atoms with Gasteiger partial charge in [0.05, 0.1) is 10.6 Å². The van der Waals surface area contributed by atoms with Crippen LogP contribution in [0.2, 0.25) is 0 Å². The summed E-state index contributed by atoms with van der Waals surface area (Å²) in [5.41, 5.74) is 1.06. The van der Waals surface area contributed by atoms with Gasteiger partial charge in [0.15, 0.2) is 11.5 Å². The van der Waals surface area contributed by atoms with Gasteiger partial charge in [0.1, 0.15) is 25.6 Å². The lowest BCUT2D eigenvalue weighted by Crippen LogP contribution is -2.38. The van der Waals surface area contributed by atoms with Crippen LogP contribution in [0.1, 0.15) is 5.56 Å². The summed E-state index contributed by atoms with van der Waals surface area (Å²) in [6.45, 7) is 2.03. The van der Waals surface area contributed by atoms with Crippen molar-refractivity contribution in [2.45, 2.75) is 11.8 Å². The number of benzene rings is 3. The predicted molar refractivity (Wildman–Crippen MR) is 118 cm³/mol. The number of nitrogens with zero attached hydrogens (tertiary/aromatic N) is 1. The highest BCUT2D eigenvalue weighted by atomic mass is 32.2. The quantitative estimate of drug-likeness (QED) is 0.611. The third-order valence-corrected chi connectivity index (χ3v) is 6.62.